The first kappa shape index (κ1) is 18.2. The second-order valence-corrected chi connectivity index (χ2v) is 8.64. The van der Waals surface area contributed by atoms with Gasteiger partial charge in [-0.15, -0.1) is 11.3 Å². The summed E-state index contributed by atoms with van der Waals surface area (Å²) in [5.74, 6) is 0. The van der Waals surface area contributed by atoms with Gasteiger partial charge in [0.2, 0.25) is 15.2 Å². The number of hydrazone groups is 1. The van der Waals surface area contributed by atoms with Gasteiger partial charge in [-0.1, -0.05) is 42.5 Å². The van der Waals surface area contributed by atoms with Gasteiger partial charge < -0.3 is 0 Å². The molecule has 0 saturated heterocycles. The largest absolute Gasteiger partial charge is 0.253 e. The van der Waals surface area contributed by atoms with Crippen molar-refractivity contribution in [2.24, 2.45) is 5.10 Å². The maximum absolute atomic E-state index is 12.1. The summed E-state index contributed by atoms with van der Waals surface area (Å²) in [6, 6.07) is 16.4. The fourth-order valence-corrected chi connectivity index (χ4v) is 3.74. The van der Waals surface area contributed by atoms with Crippen LogP contribution in [-0.2, 0) is 10.0 Å². The van der Waals surface area contributed by atoms with E-state index in [1.54, 1.807) is 30.5 Å². The van der Waals surface area contributed by atoms with Crippen molar-refractivity contribution in [1.29, 1.82) is 0 Å². The summed E-state index contributed by atoms with van der Waals surface area (Å²) in [6.07, 6.45) is 1.72. The van der Waals surface area contributed by atoms with E-state index in [0.717, 1.165) is 16.8 Å². The first-order valence-electron chi connectivity index (χ1n) is 7.79. The first-order valence-corrected chi connectivity index (χ1v) is 10.1. The number of hydrogen-bond acceptors (Lipinski definition) is 6. The second-order valence-electron chi connectivity index (χ2n) is 5.63. The Kier molecular flexibility index (Phi) is 5.46. The van der Waals surface area contributed by atoms with Gasteiger partial charge in [-0.2, -0.15) is 5.10 Å². The standard InChI is InChI=1S/C18H18N4O2S2/c1-22(2)26(23,24)16-10-8-15(9-11-16)17-13-25-18(20-17)21-19-12-14-6-4-3-5-7-14/h3-13H,1-2H3,(H,20,21). The van der Waals surface area contributed by atoms with E-state index < -0.39 is 10.0 Å². The molecule has 0 amide bonds. The topological polar surface area (TPSA) is 74.7 Å². The molecule has 3 rings (SSSR count). The SMILES string of the molecule is CN(C)S(=O)(=O)c1ccc(-c2csc(NN=Cc3ccccc3)n2)cc1. The number of anilines is 1. The molecule has 134 valence electrons. The van der Waals surface area contributed by atoms with Crippen molar-refractivity contribution in [2.45, 2.75) is 4.90 Å². The Morgan fingerprint density at radius 1 is 1.08 bits per heavy atom. The van der Waals surface area contributed by atoms with E-state index in [1.807, 2.05) is 35.7 Å². The van der Waals surface area contributed by atoms with Crippen LogP contribution in [0.2, 0.25) is 0 Å². The number of hydrogen-bond donors (Lipinski definition) is 1. The van der Waals surface area contributed by atoms with Gasteiger partial charge in [0, 0.05) is 25.0 Å². The Morgan fingerprint density at radius 2 is 1.77 bits per heavy atom. The molecule has 1 aromatic heterocycles. The van der Waals surface area contributed by atoms with Crippen LogP contribution in [-0.4, -0.2) is 38.0 Å². The van der Waals surface area contributed by atoms with Gasteiger partial charge in [0.15, 0.2) is 0 Å². The molecule has 6 nitrogen and oxygen atoms in total. The summed E-state index contributed by atoms with van der Waals surface area (Å²) in [6.45, 7) is 0. The molecule has 0 fully saturated rings. The quantitative estimate of drug-likeness (QED) is 0.520. The predicted octanol–water partition coefficient (Wildman–Crippen LogP) is 3.51. The van der Waals surface area contributed by atoms with Crippen LogP contribution in [0.3, 0.4) is 0 Å². The highest BCUT2D eigenvalue weighted by atomic mass is 32.2. The molecule has 0 aliphatic carbocycles. The Balaban J connectivity index is 1.71. The summed E-state index contributed by atoms with van der Waals surface area (Å²) < 4.78 is 25.4. The Labute approximate surface area is 156 Å². The van der Waals surface area contributed by atoms with Crippen molar-refractivity contribution in [3.63, 3.8) is 0 Å². The number of sulfonamides is 1. The molecule has 0 saturated carbocycles. The third kappa shape index (κ3) is 4.16. The van der Waals surface area contributed by atoms with Gasteiger partial charge in [0.25, 0.3) is 0 Å². The summed E-state index contributed by atoms with van der Waals surface area (Å²) in [5.41, 5.74) is 5.51. The van der Waals surface area contributed by atoms with Crippen LogP contribution in [0.25, 0.3) is 11.3 Å². The van der Waals surface area contributed by atoms with Crippen LogP contribution in [0.15, 0.2) is 70.0 Å². The van der Waals surface area contributed by atoms with E-state index in [9.17, 15) is 8.42 Å². The number of rotatable bonds is 6. The minimum absolute atomic E-state index is 0.257. The third-order valence-electron chi connectivity index (χ3n) is 3.61. The van der Waals surface area contributed by atoms with Crippen molar-refractivity contribution in [3.8, 4) is 11.3 Å². The van der Waals surface area contributed by atoms with Crippen LogP contribution in [0.5, 0.6) is 0 Å². The van der Waals surface area contributed by atoms with Crippen molar-refractivity contribution in [2.75, 3.05) is 19.5 Å². The average molecular weight is 387 g/mol. The molecule has 26 heavy (non-hydrogen) atoms. The van der Waals surface area contributed by atoms with E-state index in [4.69, 9.17) is 0 Å². The molecule has 3 aromatic rings. The molecule has 0 aliphatic rings. The zero-order chi connectivity index (χ0) is 18.6. The molecule has 2 aromatic carbocycles. The number of benzene rings is 2. The lowest BCUT2D eigenvalue weighted by Gasteiger charge is -2.11. The zero-order valence-corrected chi connectivity index (χ0v) is 16.0. The molecule has 0 bridgehead atoms. The van der Waals surface area contributed by atoms with Crippen LogP contribution >= 0.6 is 11.3 Å². The Morgan fingerprint density at radius 3 is 2.42 bits per heavy atom. The van der Waals surface area contributed by atoms with E-state index >= 15 is 0 Å². The molecule has 0 aliphatic heterocycles. The molecular weight excluding hydrogens is 368 g/mol. The van der Waals surface area contributed by atoms with Gasteiger partial charge in [0.1, 0.15) is 0 Å². The summed E-state index contributed by atoms with van der Waals surface area (Å²) in [5, 5.41) is 6.74. The highest BCUT2D eigenvalue weighted by molar-refractivity contribution is 7.89. The van der Waals surface area contributed by atoms with Crippen LogP contribution < -0.4 is 5.43 Å². The van der Waals surface area contributed by atoms with Crippen LogP contribution in [0, 0.1) is 0 Å². The van der Waals surface area contributed by atoms with Crippen molar-refractivity contribution >= 4 is 32.7 Å². The molecule has 1 heterocycles. The smallest absolute Gasteiger partial charge is 0.242 e. The lowest BCUT2D eigenvalue weighted by molar-refractivity contribution is 0.521. The fourth-order valence-electron chi connectivity index (χ4n) is 2.17. The number of thiazole rings is 1. The summed E-state index contributed by atoms with van der Waals surface area (Å²) >= 11 is 1.43. The predicted molar refractivity (Wildman–Crippen MR) is 106 cm³/mol. The molecular formula is C18H18N4O2S2. The minimum Gasteiger partial charge on any atom is -0.253 e. The molecule has 0 atom stereocenters. The maximum atomic E-state index is 12.1. The minimum atomic E-state index is -3.42. The molecule has 0 spiro atoms. The van der Waals surface area contributed by atoms with Gasteiger partial charge >= 0.3 is 0 Å². The van der Waals surface area contributed by atoms with Crippen LogP contribution in [0.4, 0.5) is 5.13 Å². The van der Waals surface area contributed by atoms with Gasteiger partial charge in [-0.25, -0.2) is 17.7 Å². The summed E-state index contributed by atoms with van der Waals surface area (Å²) in [7, 11) is -0.402. The molecule has 1 N–H and O–H groups in total. The van der Waals surface area contributed by atoms with E-state index in [0.29, 0.717) is 5.13 Å². The fraction of sp³-hybridized carbons (Fsp3) is 0.111. The number of nitrogens with zero attached hydrogens (tertiary/aromatic N) is 3. The zero-order valence-electron chi connectivity index (χ0n) is 14.3. The summed E-state index contributed by atoms with van der Waals surface area (Å²) in [4.78, 5) is 4.73. The highest BCUT2D eigenvalue weighted by Gasteiger charge is 2.17. The lowest BCUT2D eigenvalue weighted by atomic mass is 10.2. The van der Waals surface area contributed by atoms with Crippen molar-refractivity contribution in [1.82, 2.24) is 9.29 Å². The molecule has 8 heteroatoms. The van der Waals surface area contributed by atoms with Crippen molar-refractivity contribution < 1.29 is 8.42 Å². The maximum Gasteiger partial charge on any atom is 0.242 e. The second kappa shape index (κ2) is 7.77. The normalized spacial score (nSPS) is 12.0. The van der Waals surface area contributed by atoms with E-state index in [-0.39, 0.29) is 4.90 Å². The highest BCUT2D eigenvalue weighted by Crippen LogP contribution is 2.26. The van der Waals surface area contributed by atoms with Crippen molar-refractivity contribution in [3.05, 3.63) is 65.5 Å². The molecule has 0 radical (unpaired) electrons. The van der Waals surface area contributed by atoms with E-state index in [1.165, 1.54) is 29.7 Å². The van der Waals surface area contributed by atoms with E-state index in [2.05, 4.69) is 15.5 Å². The van der Waals surface area contributed by atoms with Gasteiger partial charge in [-0.05, 0) is 17.7 Å². The first-order chi connectivity index (χ1) is 12.5. The lowest BCUT2D eigenvalue weighted by Crippen LogP contribution is -2.22. The number of aromatic nitrogens is 1. The van der Waals surface area contributed by atoms with Gasteiger partial charge in [0.05, 0.1) is 16.8 Å². The van der Waals surface area contributed by atoms with Gasteiger partial charge in [-0.3, -0.25) is 5.43 Å². The van der Waals surface area contributed by atoms with Crippen LogP contribution in [0.1, 0.15) is 5.56 Å². The third-order valence-corrected chi connectivity index (χ3v) is 6.18. The average Bonchev–Trinajstić information content (AvgIpc) is 3.11. The number of nitrogens with one attached hydrogen (secondary N) is 1. The Bertz CT molecular complexity index is 995. The monoisotopic (exact) mass is 386 g/mol. The Hall–Kier alpha value is -2.55. The molecule has 0 unspecified atom stereocenters.